The molecule has 1 amide bonds. The standard InChI is InChI=1S/C18H25NO5/c1-4-23-16-11-13(9-10-15(16)22-3)18(21)24-12(2)17(20)19-14-7-5-6-8-14/h9-12,14H,4-8H2,1-3H3,(H,19,20)/t12-/m0/s1. The van der Waals surface area contributed by atoms with Crippen molar-refractivity contribution in [3.8, 4) is 11.5 Å². The van der Waals surface area contributed by atoms with Crippen LogP contribution in [0.3, 0.4) is 0 Å². The number of hydrogen-bond acceptors (Lipinski definition) is 5. The molecule has 1 fully saturated rings. The summed E-state index contributed by atoms with van der Waals surface area (Å²) in [6.07, 6.45) is 3.40. The average Bonchev–Trinajstić information content (AvgIpc) is 3.07. The van der Waals surface area contributed by atoms with Crippen LogP contribution in [-0.4, -0.2) is 37.7 Å². The highest BCUT2D eigenvalue weighted by molar-refractivity contribution is 5.92. The Labute approximate surface area is 142 Å². The van der Waals surface area contributed by atoms with Crippen molar-refractivity contribution in [1.29, 1.82) is 0 Å². The molecule has 1 aromatic rings. The van der Waals surface area contributed by atoms with Crippen molar-refractivity contribution in [3.05, 3.63) is 23.8 Å². The van der Waals surface area contributed by atoms with Gasteiger partial charge in [-0.1, -0.05) is 12.8 Å². The monoisotopic (exact) mass is 335 g/mol. The van der Waals surface area contributed by atoms with Gasteiger partial charge in [-0.25, -0.2) is 4.79 Å². The first-order chi connectivity index (χ1) is 11.5. The van der Waals surface area contributed by atoms with Crippen molar-refractivity contribution in [2.75, 3.05) is 13.7 Å². The van der Waals surface area contributed by atoms with Crippen LogP contribution < -0.4 is 14.8 Å². The second kappa shape index (κ2) is 8.57. The number of rotatable bonds is 7. The lowest BCUT2D eigenvalue weighted by Gasteiger charge is -2.17. The summed E-state index contributed by atoms with van der Waals surface area (Å²) in [5, 5.41) is 2.92. The molecule has 1 saturated carbocycles. The summed E-state index contributed by atoms with van der Waals surface area (Å²) in [4.78, 5) is 24.4. The van der Waals surface area contributed by atoms with E-state index in [0.717, 1.165) is 25.7 Å². The normalized spacial score (nSPS) is 15.6. The molecule has 0 spiro atoms. The largest absolute Gasteiger partial charge is 0.493 e. The van der Waals surface area contributed by atoms with E-state index in [9.17, 15) is 9.59 Å². The van der Waals surface area contributed by atoms with Crippen molar-refractivity contribution in [1.82, 2.24) is 5.32 Å². The highest BCUT2D eigenvalue weighted by Gasteiger charge is 2.24. The van der Waals surface area contributed by atoms with E-state index in [0.29, 0.717) is 23.7 Å². The summed E-state index contributed by atoms with van der Waals surface area (Å²) in [7, 11) is 1.53. The molecule has 1 aliphatic rings. The van der Waals surface area contributed by atoms with Gasteiger partial charge < -0.3 is 19.5 Å². The van der Waals surface area contributed by atoms with Crippen LogP contribution in [0, 0.1) is 0 Å². The minimum Gasteiger partial charge on any atom is -0.493 e. The molecule has 0 unspecified atom stereocenters. The zero-order chi connectivity index (χ0) is 17.5. The number of methoxy groups -OCH3 is 1. The van der Waals surface area contributed by atoms with Crippen molar-refractivity contribution >= 4 is 11.9 Å². The van der Waals surface area contributed by atoms with Gasteiger partial charge in [0.15, 0.2) is 17.6 Å². The third-order valence-corrected chi connectivity index (χ3v) is 4.05. The Kier molecular flexibility index (Phi) is 6.46. The van der Waals surface area contributed by atoms with Crippen LogP contribution in [-0.2, 0) is 9.53 Å². The van der Waals surface area contributed by atoms with Crippen LogP contribution in [0.5, 0.6) is 11.5 Å². The van der Waals surface area contributed by atoms with Crippen LogP contribution >= 0.6 is 0 Å². The summed E-state index contributed by atoms with van der Waals surface area (Å²) < 4.78 is 15.9. The molecule has 0 saturated heterocycles. The van der Waals surface area contributed by atoms with Gasteiger partial charge in [-0.3, -0.25) is 4.79 Å². The Hall–Kier alpha value is -2.24. The Bertz CT molecular complexity index is 581. The first-order valence-electron chi connectivity index (χ1n) is 8.37. The lowest BCUT2D eigenvalue weighted by atomic mass is 10.2. The van der Waals surface area contributed by atoms with Gasteiger partial charge in [0.2, 0.25) is 0 Å². The fraction of sp³-hybridized carbons (Fsp3) is 0.556. The molecular formula is C18H25NO5. The molecule has 6 nitrogen and oxygen atoms in total. The quantitative estimate of drug-likeness (QED) is 0.776. The number of carbonyl (C=O) groups excluding carboxylic acids is 2. The third kappa shape index (κ3) is 4.63. The second-order valence-corrected chi connectivity index (χ2v) is 5.84. The van der Waals surface area contributed by atoms with E-state index < -0.39 is 12.1 Å². The molecule has 0 bridgehead atoms. The molecule has 1 atom stereocenters. The molecule has 132 valence electrons. The van der Waals surface area contributed by atoms with Crippen molar-refractivity contribution in [2.45, 2.75) is 51.7 Å². The van der Waals surface area contributed by atoms with Crippen LogP contribution in [0.15, 0.2) is 18.2 Å². The molecule has 1 aliphatic carbocycles. The fourth-order valence-electron chi connectivity index (χ4n) is 2.74. The van der Waals surface area contributed by atoms with E-state index in [1.165, 1.54) is 7.11 Å². The van der Waals surface area contributed by atoms with Crippen molar-refractivity contribution in [3.63, 3.8) is 0 Å². The zero-order valence-electron chi connectivity index (χ0n) is 14.5. The van der Waals surface area contributed by atoms with Crippen LogP contribution in [0.2, 0.25) is 0 Å². The highest BCUT2D eigenvalue weighted by atomic mass is 16.5. The number of esters is 1. The van der Waals surface area contributed by atoms with Gasteiger partial charge in [-0.15, -0.1) is 0 Å². The first-order valence-corrected chi connectivity index (χ1v) is 8.37. The van der Waals surface area contributed by atoms with Gasteiger partial charge in [-0.05, 0) is 44.9 Å². The average molecular weight is 335 g/mol. The zero-order valence-corrected chi connectivity index (χ0v) is 14.5. The third-order valence-electron chi connectivity index (χ3n) is 4.05. The summed E-state index contributed by atoms with van der Waals surface area (Å²) in [5.74, 6) is 0.194. The summed E-state index contributed by atoms with van der Waals surface area (Å²) >= 11 is 0. The molecule has 24 heavy (non-hydrogen) atoms. The van der Waals surface area contributed by atoms with Gasteiger partial charge >= 0.3 is 5.97 Å². The van der Waals surface area contributed by atoms with Crippen molar-refractivity contribution < 1.29 is 23.8 Å². The van der Waals surface area contributed by atoms with Gasteiger partial charge in [0.05, 0.1) is 19.3 Å². The molecule has 1 aromatic carbocycles. The predicted molar refractivity (Wildman–Crippen MR) is 89.4 cm³/mol. The Balaban J connectivity index is 1.97. The number of ether oxygens (including phenoxy) is 3. The minimum absolute atomic E-state index is 0.198. The lowest BCUT2D eigenvalue weighted by molar-refractivity contribution is -0.129. The number of benzene rings is 1. The smallest absolute Gasteiger partial charge is 0.339 e. The van der Waals surface area contributed by atoms with Crippen LogP contribution in [0.25, 0.3) is 0 Å². The molecular weight excluding hydrogens is 310 g/mol. The van der Waals surface area contributed by atoms with Gasteiger partial charge in [0, 0.05) is 6.04 Å². The molecule has 0 heterocycles. The van der Waals surface area contributed by atoms with E-state index in [-0.39, 0.29) is 11.9 Å². The molecule has 0 aliphatic heterocycles. The number of hydrogen-bond donors (Lipinski definition) is 1. The van der Waals surface area contributed by atoms with E-state index in [1.807, 2.05) is 6.92 Å². The summed E-state index contributed by atoms with van der Waals surface area (Å²) in [6, 6.07) is 4.99. The topological polar surface area (TPSA) is 73.9 Å². The molecule has 6 heteroatoms. The number of nitrogens with one attached hydrogen (secondary N) is 1. The Morgan fingerprint density at radius 2 is 1.96 bits per heavy atom. The van der Waals surface area contributed by atoms with Crippen LogP contribution in [0.4, 0.5) is 0 Å². The Morgan fingerprint density at radius 1 is 1.25 bits per heavy atom. The van der Waals surface area contributed by atoms with E-state index >= 15 is 0 Å². The van der Waals surface area contributed by atoms with E-state index in [2.05, 4.69) is 5.32 Å². The minimum atomic E-state index is -0.837. The maximum atomic E-state index is 12.3. The SMILES string of the molecule is CCOc1cc(C(=O)O[C@@H](C)C(=O)NC2CCCC2)ccc1OC. The summed E-state index contributed by atoms with van der Waals surface area (Å²) in [6.45, 7) is 3.88. The highest BCUT2D eigenvalue weighted by Crippen LogP contribution is 2.28. The maximum Gasteiger partial charge on any atom is 0.339 e. The van der Waals surface area contributed by atoms with E-state index in [4.69, 9.17) is 14.2 Å². The second-order valence-electron chi connectivity index (χ2n) is 5.84. The first kappa shape index (κ1) is 18.1. The van der Waals surface area contributed by atoms with Crippen LogP contribution in [0.1, 0.15) is 49.9 Å². The van der Waals surface area contributed by atoms with Gasteiger partial charge in [-0.2, -0.15) is 0 Å². The lowest BCUT2D eigenvalue weighted by Crippen LogP contribution is -2.40. The number of carbonyl (C=O) groups is 2. The fourth-order valence-corrected chi connectivity index (χ4v) is 2.74. The van der Waals surface area contributed by atoms with Gasteiger partial charge in [0.1, 0.15) is 0 Å². The molecule has 1 N–H and O–H groups in total. The van der Waals surface area contributed by atoms with Gasteiger partial charge in [0.25, 0.3) is 5.91 Å². The number of amides is 1. The molecule has 2 rings (SSSR count). The Morgan fingerprint density at radius 3 is 2.58 bits per heavy atom. The van der Waals surface area contributed by atoms with Crippen molar-refractivity contribution in [2.24, 2.45) is 0 Å². The van der Waals surface area contributed by atoms with E-state index in [1.54, 1.807) is 25.1 Å². The molecule has 0 aromatic heterocycles. The maximum absolute atomic E-state index is 12.3. The predicted octanol–water partition coefficient (Wildman–Crippen LogP) is 2.70. The molecule has 0 radical (unpaired) electrons. The summed E-state index contributed by atoms with van der Waals surface area (Å²) in [5.41, 5.74) is 0.319.